The topological polar surface area (TPSA) is 54.7 Å². The highest BCUT2D eigenvalue weighted by Gasteiger charge is 2.17. The number of nitrogen functional groups attached to an aromatic ring is 1. The van der Waals surface area contributed by atoms with Crippen molar-refractivity contribution in [3.8, 4) is 11.3 Å². The Morgan fingerprint density at radius 3 is 2.58 bits per heavy atom. The van der Waals surface area contributed by atoms with E-state index in [2.05, 4.69) is 66.5 Å². The summed E-state index contributed by atoms with van der Waals surface area (Å²) < 4.78 is 0. The van der Waals surface area contributed by atoms with E-state index >= 15 is 0 Å². The predicted molar refractivity (Wildman–Crippen MR) is 80.0 cm³/mol. The van der Waals surface area contributed by atoms with Crippen molar-refractivity contribution in [3.63, 3.8) is 0 Å². The van der Waals surface area contributed by atoms with Gasteiger partial charge >= 0.3 is 0 Å². The molecule has 0 aliphatic rings. The standard InChI is InChI=1S/C16H17N3/c1-10(2)14-15(18-19-16(14)17)13-9-5-7-11-6-3-4-8-12(11)13/h3-10H,1-2H3,(H3,17,18,19). The summed E-state index contributed by atoms with van der Waals surface area (Å²) in [6.07, 6.45) is 0. The Morgan fingerprint density at radius 1 is 1.05 bits per heavy atom. The van der Waals surface area contributed by atoms with Gasteiger partial charge in [0.05, 0.1) is 5.69 Å². The lowest BCUT2D eigenvalue weighted by atomic mass is 9.95. The van der Waals surface area contributed by atoms with Gasteiger partial charge in [-0.15, -0.1) is 0 Å². The van der Waals surface area contributed by atoms with Crippen LogP contribution in [0.3, 0.4) is 0 Å². The van der Waals surface area contributed by atoms with Crippen molar-refractivity contribution in [2.45, 2.75) is 19.8 Å². The number of hydrogen-bond donors (Lipinski definition) is 2. The van der Waals surface area contributed by atoms with Crippen LogP contribution in [0, 0.1) is 0 Å². The van der Waals surface area contributed by atoms with E-state index in [0.717, 1.165) is 16.8 Å². The Labute approximate surface area is 112 Å². The zero-order chi connectivity index (χ0) is 13.4. The average molecular weight is 251 g/mol. The predicted octanol–water partition coefficient (Wildman–Crippen LogP) is 3.94. The molecule has 0 radical (unpaired) electrons. The normalized spacial score (nSPS) is 11.3. The number of benzene rings is 2. The SMILES string of the molecule is CC(C)c1c(N)n[nH]c1-c1cccc2ccccc12. The molecule has 0 aliphatic heterocycles. The van der Waals surface area contributed by atoms with Crippen molar-refractivity contribution < 1.29 is 0 Å². The van der Waals surface area contributed by atoms with Crippen LogP contribution in [0.2, 0.25) is 0 Å². The third-order valence-corrected chi connectivity index (χ3v) is 3.47. The Bertz CT molecular complexity index is 720. The molecule has 3 N–H and O–H groups in total. The lowest BCUT2D eigenvalue weighted by Gasteiger charge is -2.10. The van der Waals surface area contributed by atoms with Crippen molar-refractivity contribution in [3.05, 3.63) is 48.0 Å². The van der Waals surface area contributed by atoms with E-state index in [-0.39, 0.29) is 0 Å². The minimum absolute atomic E-state index is 0.340. The maximum Gasteiger partial charge on any atom is 0.149 e. The maximum atomic E-state index is 5.98. The highest BCUT2D eigenvalue weighted by molar-refractivity contribution is 5.96. The zero-order valence-corrected chi connectivity index (χ0v) is 11.1. The number of fused-ring (bicyclic) bond motifs is 1. The molecule has 0 fully saturated rings. The van der Waals surface area contributed by atoms with Gasteiger partial charge in [0.15, 0.2) is 0 Å². The van der Waals surface area contributed by atoms with E-state index in [4.69, 9.17) is 5.73 Å². The van der Waals surface area contributed by atoms with Crippen LogP contribution in [0.4, 0.5) is 5.82 Å². The minimum atomic E-state index is 0.340. The molecule has 0 unspecified atom stereocenters. The Morgan fingerprint density at radius 2 is 1.79 bits per heavy atom. The fraction of sp³-hybridized carbons (Fsp3) is 0.188. The fourth-order valence-electron chi connectivity index (χ4n) is 2.60. The lowest BCUT2D eigenvalue weighted by molar-refractivity contribution is 0.873. The number of hydrogen-bond acceptors (Lipinski definition) is 2. The van der Waals surface area contributed by atoms with Gasteiger partial charge in [-0.1, -0.05) is 56.3 Å². The van der Waals surface area contributed by atoms with E-state index in [1.54, 1.807) is 0 Å². The van der Waals surface area contributed by atoms with E-state index in [0.29, 0.717) is 11.7 Å². The molecule has 3 rings (SSSR count). The first kappa shape index (κ1) is 11.8. The first-order valence-corrected chi connectivity index (χ1v) is 6.50. The van der Waals surface area contributed by atoms with E-state index in [1.165, 1.54) is 10.8 Å². The van der Waals surface area contributed by atoms with Crippen LogP contribution in [0.1, 0.15) is 25.3 Å². The first-order valence-electron chi connectivity index (χ1n) is 6.50. The summed E-state index contributed by atoms with van der Waals surface area (Å²) >= 11 is 0. The van der Waals surface area contributed by atoms with Gasteiger partial charge in [-0.2, -0.15) is 5.10 Å². The van der Waals surface area contributed by atoms with Crippen molar-refractivity contribution in [1.82, 2.24) is 10.2 Å². The number of anilines is 1. The molecule has 3 aromatic rings. The molecular weight excluding hydrogens is 234 g/mol. The molecule has 0 saturated carbocycles. The molecule has 19 heavy (non-hydrogen) atoms. The molecule has 2 aromatic carbocycles. The lowest BCUT2D eigenvalue weighted by Crippen LogP contribution is -1.95. The van der Waals surface area contributed by atoms with Gasteiger partial charge in [-0.25, -0.2) is 0 Å². The Balaban J connectivity index is 2.31. The highest BCUT2D eigenvalue weighted by Crippen LogP contribution is 2.35. The monoisotopic (exact) mass is 251 g/mol. The molecule has 0 aliphatic carbocycles. The summed E-state index contributed by atoms with van der Waals surface area (Å²) in [5, 5.41) is 9.71. The summed E-state index contributed by atoms with van der Waals surface area (Å²) in [5.74, 6) is 0.936. The van der Waals surface area contributed by atoms with Crippen LogP contribution in [0.25, 0.3) is 22.0 Å². The summed E-state index contributed by atoms with van der Waals surface area (Å²) in [7, 11) is 0. The largest absolute Gasteiger partial charge is 0.382 e. The molecule has 1 aromatic heterocycles. The third-order valence-electron chi connectivity index (χ3n) is 3.47. The van der Waals surface area contributed by atoms with Crippen LogP contribution < -0.4 is 5.73 Å². The molecule has 0 spiro atoms. The molecule has 96 valence electrons. The number of aromatic nitrogens is 2. The van der Waals surface area contributed by atoms with Gasteiger partial charge in [0.25, 0.3) is 0 Å². The highest BCUT2D eigenvalue weighted by atomic mass is 15.2. The first-order chi connectivity index (χ1) is 9.18. The van der Waals surface area contributed by atoms with Crippen LogP contribution in [-0.2, 0) is 0 Å². The zero-order valence-electron chi connectivity index (χ0n) is 11.1. The molecule has 1 heterocycles. The van der Waals surface area contributed by atoms with Crippen LogP contribution >= 0.6 is 0 Å². The number of nitrogens with one attached hydrogen (secondary N) is 1. The second-order valence-electron chi connectivity index (χ2n) is 5.08. The third kappa shape index (κ3) is 1.87. The van der Waals surface area contributed by atoms with Gasteiger partial charge < -0.3 is 5.73 Å². The quantitative estimate of drug-likeness (QED) is 0.725. The summed E-state index contributed by atoms with van der Waals surface area (Å²) in [6.45, 7) is 4.27. The molecule has 0 bridgehead atoms. The van der Waals surface area contributed by atoms with E-state index in [9.17, 15) is 0 Å². The second kappa shape index (κ2) is 4.43. The second-order valence-corrected chi connectivity index (χ2v) is 5.08. The van der Waals surface area contributed by atoms with Gasteiger partial charge in [0.2, 0.25) is 0 Å². The molecule has 0 atom stereocenters. The average Bonchev–Trinajstić information content (AvgIpc) is 2.80. The minimum Gasteiger partial charge on any atom is -0.382 e. The van der Waals surface area contributed by atoms with Crippen LogP contribution in [-0.4, -0.2) is 10.2 Å². The number of rotatable bonds is 2. The van der Waals surface area contributed by atoms with Crippen LogP contribution in [0.15, 0.2) is 42.5 Å². The van der Waals surface area contributed by atoms with Crippen molar-refractivity contribution in [2.24, 2.45) is 0 Å². The Hall–Kier alpha value is -2.29. The van der Waals surface area contributed by atoms with Gasteiger partial charge in [-0.05, 0) is 16.7 Å². The molecule has 0 saturated heterocycles. The molecule has 0 amide bonds. The smallest absolute Gasteiger partial charge is 0.149 e. The summed E-state index contributed by atoms with van der Waals surface area (Å²) in [5.41, 5.74) is 9.27. The number of aromatic amines is 1. The molecule has 3 nitrogen and oxygen atoms in total. The molecule has 3 heteroatoms. The van der Waals surface area contributed by atoms with Gasteiger partial charge in [0.1, 0.15) is 5.82 Å². The van der Waals surface area contributed by atoms with E-state index in [1.807, 2.05) is 0 Å². The van der Waals surface area contributed by atoms with Gasteiger partial charge in [-0.3, -0.25) is 5.10 Å². The number of H-pyrrole nitrogens is 1. The summed E-state index contributed by atoms with van der Waals surface area (Å²) in [4.78, 5) is 0. The number of nitrogens with zero attached hydrogens (tertiary/aromatic N) is 1. The van der Waals surface area contributed by atoms with Gasteiger partial charge in [0, 0.05) is 11.1 Å². The summed E-state index contributed by atoms with van der Waals surface area (Å²) in [6, 6.07) is 14.7. The fourth-order valence-corrected chi connectivity index (χ4v) is 2.60. The van der Waals surface area contributed by atoms with E-state index < -0.39 is 0 Å². The Kier molecular flexibility index (Phi) is 2.75. The van der Waals surface area contributed by atoms with Crippen molar-refractivity contribution in [1.29, 1.82) is 0 Å². The number of nitrogens with two attached hydrogens (primary N) is 1. The van der Waals surface area contributed by atoms with Crippen molar-refractivity contribution in [2.75, 3.05) is 5.73 Å². The van der Waals surface area contributed by atoms with Crippen LogP contribution in [0.5, 0.6) is 0 Å². The van der Waals surface area contributed by atoms with Crippen molar-refractivity contribution >= 4 is 16.6 Å². The maximum absolute atomic E-state index is 5.98. The molecular formula is C16H17N3.